The summed E-state index contributed by atoms with van der Waals surface area (Å²) in [7, 11) is 0. The van der Waals surface area contributed by atoms with Crippen molar-refractivity contribution in [3.63, 3.8) is 0 Å². The predicted molar refractivity (Wildman–Crippen MR) is 132 cm³/mol. The number of piperazine rings is 1. The quantitative estimate of drug-likeness (QED) is 0.279. The van der Waals surface area contributed by atoms with Gasteiger partial charge < -0.3 is 20.4 Å². The second-order valence-electron chi connectivity index (χ2n) is 8.09. The maximum Gasteiger partial charge on any atom is 0.239 e. The van der Waals surface area contributed by atoms with E-state index in [0.717, 1.165) is 71.0 Å². The van der Waals surface area contributed by atoms with Crippen LogP contribution in [0.3, 0.4) is 0 Å². The Morgan fingerprint density at radius 1 is 0.967 bits per heavy atom. The van der Waals surface area contributed by atoms with Crippen molar-refractivity contribution in [3.8, 4) is 0 Å². The Kier molecular flexibility index (Phi) is 12.6. The Hall–Kier alpha value is -1.10. The first kappa shape index (κ1) is 26.9. The fourth-order valence-corrected chi connectivity index (χ4v) is 3.82. The summed E-state index contributed by atoms with van der Waals surface area (Å²) in [6.07, 6.45) is 3.59. The molecule has 2 atom stereocenters. The van der Waals surface area contributed by atoms with E-state index in [1.165, 1.54) is 0 Å². The van der Waals surface area contributed by atoms with Crippen molar-refractivity contribution in [2.75, 3.05) is 52.4 Å². The minimum atomic E-state index is -0.0565. The molecule has 2 fully saturated rings. The third-order valence-corrected chi connectivity index (χ3v) is 5.89. The Morgan fingerprint density at radius 2 is 1.60 bits per heavy atom. The summed E-state index contributed by atoms with van der Waals surface area (Å²) >= 11 is 0. The molecule has 0 aliphatic carbocycles. The molecule has 0 aromatic rings. The lowest BCUT2D eigenvalue weighted by molar-refractivity contribution is -0.135. The van der Waals surface area contributed by atoms with E-state index in [0.29, 0.717) is 13.0 Å². The topological polar surface area (TPSA) is 80.3 Å². The molecule has 2 aliphatic heterocycles. The SMILES string of the molecule is CCNC(=NCCC(=O)NC(C)CC)N1CCN(C(C)C(=O)N2CCCC2)CC1.I. The number of rotatable bonds is 8. The van der Waals surface area contributed by atoms with Crippen LogP contribution in [0, 0.1) is 0 Å². The molecule has 0 bridgehead atoms. The molecule has 174 valence electrons. The van der Waals surface area contributed by atoms with Gasteiger partial charge in [0, 0.05) is 58.3 Å². The third kappa shape index (κ3) is 8.20. The van der Waals surface area contributed by atoms with Crippen LogP contribution in [-0.4, -0.2) is 96.9 Å². The van der Waals surface area contributed by atoms with Gasteiger partial charge in [0.1, 0.15) is 0 Å². The number of hydrogen-bond donors (Lipinski definition) is 2. The van der Waals surface area contributed by atoms with Crippen molar-refractivity contribution >= 4 is 41.8 Å². The van der Waals surface area contributed by atoms with Crippen LogP contribution in [0.2, 0.25) is 0 Å². The summed E-state index contributed by atoms with van der Waals surface area (Å²) in [6, 6.07) is 0.150. The van der Waals surface area contributed by atoms with E-state index in [1.54, 1.807) is 0 Å². The van der Waals surface area contributed by atoms with E-state index >= 15 is 0 Å². The highest BCUT2D eigenvalue weighted by atomic mass is 127. The lowest BCUT2D eigenvalue weighted by atomic mass is 10.2. The number of aliphatic imine (C=N–C) groups is 1. The van der Waals surface area contributed by atoms with E-state index in [2.05, 4.69) is 39.3 Å². The molecule has 0 aromatic heterocycles. The van der Waals surface area contributed by atoms with Gasteiger partial charge in [0.25, 0.3) is 0 Å². The second kappa shape index (κ2) is 14.1. The van der Waals surface area contributed by atoms with Crippen LogP contribution in [-0.2, 0) is 9.59 Å². The summed E-state index contributed by atoms with van der Waals surface area (Å²) < 4.78 is 0. The highest BCUT2D eigenvalue weighted by Crippen LogP contribution is 2.14. The maximum absolute atomic E-state index is 12.7. The van der Waals surface area contributed by atoms with Crippen LogP contribution in [0.15, 0.2) is 4.99 Å². The monoisotopic (exact) mass is 536 g/mol. The number of halogens is 1. The van der Waals surface area contributed by atoms with E-state index in [9.17, 15) is 9.59 Å². The highest BCUT2D eigenvalue weighted by Gasteiger charge is 2.30. The van der Waals surface area contributed by atoms with Gasteiger partial charge in [-0.1, -0.05) is 6.92 Å². The molecule has 2 N–H and O–H groups in total. The Morgan fingerprint density at radius 3 is 2.17 bits per heavy atom. The fourth-order valence-electron chi connectivity index (χ4n) is 3.82. The van der Waals surface area contributed by atoms with Gasteiger partial charge in [0.2, 0.25) is 11.8 Å². The molecule has 2 unspecified atom stereocenters. The molecule has 2 saturated heterocycles. The van der Waals surface area contributed by atoms with E-state index in [1.807, 2.05) is 18.7 Å². The van der Waals surface area contributed by atoms with Crippen molar-refractivity contribution < 1.29 is 9.59 Å². The first-order valence-electron chi connectivity index (χ1n) is 11.3. The van der Waals surface area contributed by atoms with Gasteiger partial charge in [-0.3, -0.25) is 19.5 Å². The van der Waals surface area contributed by atoms with Crippen molar-refractivity contribution in [1.29, 1.82) is 0 Å². The highest BCUT2D eigenvalue weighted by molar-refractivity contribution is 14.0. The molecule has 8 nitrogen and oxygen atoms in total. The van der Waals surface area contributed by atoms with Crippen LogP contribution in [0.4, 0.5) is 0 Å². The Balaban J connectivity index is 0.00000450. The molecule has 0 spiro atoms. The Bertz CT molecular complexity index is 560. The first-order valence-corrected chi connectivity index (χ1v) is 11.3. The first-order chi connectivity index (χ1) is 14.0. The number of amides is 2. The standard InChI is InChI=1S/C21H40N6O2.HI/c1-5-17(3)24-19(28)9-10-23-21(22-6-2)27-15-13-25(14-16-27)18(4)20(29)26-11-7-8-12-26;/h17-18H,5-16H2,1-4H3,(H,22,23)(H,24,28);1H. The van der Waals surface area contributed by atoms with Crippen LogP contribution in [0.5, 0.6) is 0 Å². The number of nitrogens with zero attached hydrogens (tertiary/aromatic N) is 4. The van der Waals surface area contributed by atoms with E-state index in [-0.39, 0.29) is 47.9 Å². The lowest BCUT2D eigenvalue weighted by Crippen LogP contribution is -2.57. The zero-order valence-electron chi connectivity index (χ0n) is 19.2. The molecule has 30 heavy (non-hydrogen) atoms. The fraction of sp³-hybridized carbons (Fsp3) is 0.857. The third-order valence-electron chi connectivity index (χ3n) is 5.89. The average molecular weight is 537 g/mol. The van der Waals surface area contributed by atoms with Crippen LogP contribution in [0.1, 0.15) is 53.4 Å². The average Bonchev–Trinajstić information content (AvgIpc) is 3.27. The maximum atomic E-state index is 12.7. The molecule has 0 saturated carbocycles. The van der Waals surface area contributed by atoms with E-state index < -0.39 is 0 Å². The van der Waals surface area contributed by atoms with Crippen LogP contribution in [0.25, 0.3) is 0 Å². The smallest absolute Gasteiger partial charge is 0.239 e. The van der Waals surface area contributed by atoms with Gasteiger partial charge in [-0.25, -0.2) is 0 Å². The summed E-state index contributed by atoms with van der Waals surface area (Å²) in [4.78, 5) is 35.8. The second-order valence-corrected chi connectivity index (χ2v) is 8.09. The molecular formula is C21H41IN6O2. The van der Waals surface area contributed by atoms with Gasteiger partial charge in [0.15, 0.2) is 5.96 Å². The molecule has 2 amide bonds. The molecule has 0 radical (unpaired) electrons. The van der Waals surface area contributed by atoms with Gasteiger partial charge in [-0.15, -0.1) is 24.0 Å². The Labute approximate surface area is 199 Å². The molecule has 2 rings (SSSR count). The van der Waals surface area contributed by atoms with Crippen molar-refractivity contribution in [2.45, 2.75) is 65.5 Å². The number of hydrogen-bond acceptors (Lipinski definition) is 4. The molecule has 2 heterocycles. The summed E-state index contributed by atoms with van der Waals surface area (Å²) in [5.74, 6) is 1.18. The number of carbonyl (C=O) groups excluding carboxylic acids is 2. The minimum Gasteiger partial charge on any atom is -0.357 e. The van der Waals surface area contributed by atoms with Gasteiger partial charge in [-0.2, -0.15) is 0 Å². The zero-order valence-corrected chi connectivity index (χ0v) is 21.5. The van der Waals surface area contributed by atoms with Crippen LogP contribution < -0.4 is 10.6 Å². The molecule has 2 aliphatic rings. The molecule has 9 heteroatoms. The normalized spacial score (nSPS) is 19.8. The van der Waals surface area contributed by atoms with Crippen molar-refractivity contribution in [2.24, 2.45) is 4.99 Å². The summed E-state index contributed by atoms with van der Waals surface area (Å²) in [6.45, 7) is 14.6. The number of carbonyl (C=O) groups is 2. The predicted octanol–water partition coefficient (Wildman–Crippen LogP) is 1.50. The molecule has 0 aromatic carbocycles. The number of guanidine groups is 1. The zero-order chi connectivity index (χ0) is 21.2. The lowest BCUT2D eigenvalue weighted by Gasteiger charge is -2.39. The minimum absolute atomic E-state index is 0. The number of nitrogens with one attached hydrogen (secondary N) is 2. The van der Waals surface area contributed by atoms with E-state index in [4.69, 9.17) is 0 Å². The van der Waals surface area contributed by atoms with Crippen LogP contribution >= 0.6 is 24.0 Å². The van der Waals surface area contributed by atoms with Gasteiger partial charge >= 0.3 is 0 Å². The largest absolute Gasteiger partial charge is 0.357 e. The number of likely N-dealkylation sites (tertiary alicyclic amines) is 1. The molecular weight excluding hydrogens is 495 g/mol. The summed E-state index contributed by atoms with van der Waals surface area (Å²) in [5.41, 5.74) is 0. The summed E-state index contributed by atoms with van der Waals surface area (Å²) in [5, 5.41) is 6.32. The van der Waals surface area contributed by atoms with Gasteiger partial charge in [0.05, 0.1) is 12.6 Å². The van der Waals surface area contributed by atoms with Gasteiger partial charge in [-0.05, 0) is 40.0 Å². The van der Waals surface area contributed by atoms with Crippen molar-refractivity contribution in [3.05, 3.63) is 0 Å². The van der Waals surface area contributed by atoms with Crippen molar-refractivity contribution in [1.82, 2.24) is 25.3 Å².